The van der Waals surface area contributed by atoms with Crippen molar-refractivity contribution in [2.75, 3.05) is 18.5 Å². The van der Waals surface area contributed by atoms with Crippen LogP contribution >= 0.6 is 0 Å². The highest BCUT2D eigenvalue weighted by Crippen LogP contribution is 2.62. The Labute approximate surface area is 232 Å². The smallest absolute Gasteiger partial charge is 0.330 e. The molecule has 202 valence electrons. The van der Waals surface area contributed by atoms with E-state index >= 15 is 0 Å². The van der Waals surface area contributed by atoms with Crippen LogP contribution in [0.2, 0.25) is 0 Å². The molecule has 1 aliphatic carbocycles. The number of fused-ring (bicyclic) bond motifs is 1. The standard InChI is InChI=1S/C31H29N5O4/c1-33(19-22-14-12-21(18-32)13-15-22)29(39)36-26-16-23-17-31(23,36)20-34(27(26)28(37)38)30(40)35(24-8-4-2-5-9-24)25-10-6-3-7-11-25/h2-15,23,26-27H,16-17,19-20H2,1H3,(H,37,38)/t23-,26-,27+,31?/m1/s1. The number of carboxylic acid groups (broad SMARTS) is 1. The quantitative estimate of drug-likeness (QED) is 0.511. The first kappa shape index (κ1) is 25.4. The highest BCUT2D eigenvalue weighted by Gasteiger charge is 2.73. The van der Waals surface area contributed by atoms with Crippen LogP contribution in [0.1, 0.15) is 24.0 Å². The van der Waals surface area contributed by atoms with Crippen molar-refractivity contribution in [3.8, 4) is 6.07 Å². The topological polar surface area (TPSA) is 108 Å². The zero-order chi connectivity index (χ0) is 28.0. The van der Waals surface area contributed by atoms with E-state index in [0.717, 1.165) is 12.0 Å². The fraction of sp³-hybridized carbons (Fsp3) is 0.290. The van der Waals surface area contributed by atoms with Crippen LogP contribution in [-0.2, 0) is 11.3 Å². The van der Waals surface area contributed by atoms with Crippen molar-refractivity contribution in [1.29, 1.82) is 5.26 Å². The van der Waals surface area contributed by atoms with Crippen LogP contribution in [0.15, 0.2) is 84.9 Å². The summed E-state index contributed by atoms with van der Waals surface area (Å²) < 4.78 is 0. The Hall–Kier alpha value is -4.84. The minimum Gasteiger partial charge on any atom is -0.480 e. The summed E-state index contributed by atoms with van der Waals surface area (Å²) in [7, 11) is 1.70. The van der Waals surface area contributed by atoms with Gasteiger partial charge in [0.05, 0.1) is 34.6 Å². The van der Waals surface area contributed by atoms with Crippen LogP contribution in [0.25, 0.3) is 0 Å². The van der Waals surface area contributed by atoms with Crippen LogP contribution in [0.4, 0.5) is 21.0 Å². The Bertz CT molecular complexity index is 1450. The van der Waals surface area contributed by atoms with Crippen molar-refractivity contribution in [2.24, 2.45) is 5.92 Å². The molecule has 4 amide bonds. The van der Waals surface area contributed by atoms with Crippen LogP contribution < -0.4 is 4.90 Å². The average Bonchev–Trinajstić information content (AvgIpc) is 3.58. The number of urea groups is 2. The largest absolute Gasteiger partial charge is 0.480 e. The Morgan fingerprint density at radius 3 is 2.10 bits per heavy atom. The summed E-state index contributed by atoms with van der Waals surface area (Å²) in [5, 5.41) is 19.5. The molecule has 0 aromatic heterocycles. The second-order valence-corrected chi connectivity index (χ2v) is 10.8. The first-order valence-electron chi connectivity index (χ1n) is 13.3. The van der Waals surface area contributed by atoms with Gasteiger partial charge in [0.25, 0.3) is 0 Å². The minimum atomic E-state index is -1.17. The first-order chi connectivity index (χ1) is 19.3. The molecule has 6 rings (SSSR count). The summed E-state index contributed by atoms with van der Waals surface area (Å²) >= 11 is 0. The van der Waals surface area contributed by atoms with E-state index in [1.54, 1.807) is 33.9 Å². The number of rotatable bonds is 5. The Kier molecular flexibility index (Phi) is 6.18. The lowest BCUT2D eigenvalue weighted by atomic mass is 9.98. The maximum Gasteiger partial charge on any atom is 0.330 e. The third-order valence-electron chi connectivity index (χ3n) is 8.44. The number of carboxylic acids is 1. The summed E-state index contributed by atoms with van der Waals surface area (Å²) in [5.41, 5.74) is 2.13. The van der Waals surface area contributed by atoms with E-state index in [1.165, 1.54) is 4.90 Å². The maximum atomic E-state index is 14.2. The van der Waals surface area contributed by atoms with E-state index in [9.17, 15) is 19.5 Å². The number of hydrogen-bond donors (Lipinski definition) is 1. The average molecular weight is 536 g/mol. The molecule has 1 saturated carbocycles. The molecular formula is C31H29N5O4. The zero-order valence-electron chi connectivity index (χ0n) is 22.1. The number of para-hydroxylation sites is 2. The number of aliphatic carboxylic acids is 1. The van der Waals surface area contributed by atoms with Crippen molar-refractivity contribution in [2.45, 2.75) is 37.0 Å². The third kappa shape index (κ3) is 4.13. The van der Waals surface area contributed by atoms with E-state index in [0.29, 0.717) is 29.9 Å². The molecule has 2 aliphatic heterocycles. The Balaban J connectivity index is 1.30. The molecule has 9 heteroatoms. The summed E-state index contributed by atoms with van der Waals surface area (Å²) in [5.74, 6) is -0.963. The van der Waals surface area contributed by atoms with Gasteiger partial charge in [0.1, 0.15) is 0 Å². The lowest BCUT2D eigenvalue weighted by Gasteiger charge is -2.49. The highest BCUT2D eigenvalue weighted by atomic mass is 16.4. The van der Waals surface area contributed by atoms with Crippen LogP contribution in [0.3, 0.4) is 0 Å². The normalized spacial score (nSPS) is 24.1. The molecule has 4 atom stereocenters. The zero-order valence-corrected chi connectivity index (χ0v) is 22.1. The summed E-state index contributed by atoms with van der Waals surface area (Å²) in [6.45, 7) is 0.487. The van der Waals surface area contributed by atoms with E-state index in [1.807, 2.05) is 72.8 Å². The molecule has 2 heterocycles. The van der Waals surface area contributed by atoms with Gasteiger partial charge in [0.15, 0.2) is 6.04 Å². The summed E-state index contributed by atoms with van der Waals surface area (Å²) in [4.78, 5) is 47.2. The fourth-order valence-corrected chi connectivity index (χ4v) is 6.51. The number of anilines is 2. The second kappa shape index (κ2) is 9.72. The van der Waals surface area contributed by atoms with Gasteiger partial charge >= 0.3 is 18.0 Å². The number of carbonyl (C=O) groups is 3. The van der Waals surface area contributed by atoms with Gasteiger partial charge in [-0.2, -0.15) is 5.26 Å². The van der Waals surface area contributed by atoms with E-state index < -0.39 is 29.6 Å². The van der Waals surface area contributed by atoms with Gasteiger partial charge in [-0.05, 0) is 60.7 Å². The van der Waals surface area contributed by atoms with Gasteiger partial charge in [0.2, 0.25) is 0 Å². The molecule has 3 aliphatic rings. The number of piperidine rings is 1. The molecule has 3 aromatic carbocycles. The molecule has 2 saturated heterocycles. The van der Waals surface area contributed by atoms with Gasteiger partial charge in [-0.15, -0.1) is 0 Å². The SMILES string of the molecule is CN(Cc1ccc(C#N)cc1)C(=O)N1[C@@H]2C[C@@H]3CC31CN(C(=O)N(c1ccccc1)c1ccccc1)[C@@H]2C(=O)O. The number of carbonyl (C=O) groups excluding carboxylic acids is 2. The molecule has 0 radical (unpaired) electrons. The Morgan fingerprint density at radius 1 is 0.950 bits per heavy atom. The van der Waals surface area contributed by atoms with Gasteiger partial charge in [-0.25, -0.2) is 14.4 Å². The van der Waals surface area contributed by atoms with Crippen LogP contribution in [-0.4, -0.2) is 69.1 Å². The van der Waals surface area contributed by atoms with E-state index in [-0.39, 0.29) is 18.5 Å². The number of nitriles is 1. The molecule has 2 bridgehead atoms. The van der Waals surface area contributed by atoms with E-state index in [2.05, 4.69) is 6.07 Å². The minimum absolute atomic E-state index is 0.159. The lowest BCUT2D eigenvalue weighted by molar-refractivity contribution is -0.146. The number of nitrogens with zero attached hydrogens (tertiary/aromatic N) is 5. The van der Waals surface area contributed by atoms with Crippen molar-refractivity contribution in [3.05, 3.63) is 96.1 Å². The van der Waals surface area contributed by atoms with Crippen molar-refractivity contribution >= 4 is 29.4 Å². The second-order valence-electron chi connectivity index (χ2n) is 10.8. The monoisotopic (exact) mass is 535 g/mol. The number of benzene rings is 3. The summed E-state index contributed by atoms with van der Waals surface area (Å²) in [6, 6.07) is 25.1. The predicted octanol–water partition coefficient (Wildman–Crippen LogP) is 4.67. The maximum absolute atomic E-state index is 14.2. The van der Waals surface area contributed by atoms with Crippen LogP contribution in [0, 0.1) is 17.2 Å². The molecule has 1 spiro atoms. The number of likely N-dealkylation sites (tertiary alicyclic amines) is 1. The third-order valence-corrected chi connectivity index (χ3v) is 8.44. The van der Waals surface area contributed by atoms with Crippen molar-refractivity contribution in [3.63, 3.8) is 0 Å². The van der Waals surface area contributed by atoms with Gasteiger partial charge in [-0.1, -0.05) is 48.5 Å². The lowest BCUT2D eigenvalue weighted by Crippen LogP contribution is -2.69. The number of piperazine rings is 1. The molecule has 1 N–H and O–H groups in total. The molecule has 3 aromatic rings. The number of hydrogen-bond acceptors (Lipinski definition) is 4. The van der Waals surface area contributed by atoms with Crippen molar-refractivity contribution < 1.29 is 19.5 Å². The van der Waals surface area contributed by atoms with Crippen LogP contribution in [0.5, 0.6) is 0 Å². The highest BCUT2D eigenvalue weighted by molar-refractivity contribution is 6.01. The molecular weight excluding hydrogens is 506 g/mol. The fourth-order valence-electron chi connectivity index (χ4n) is 6.51. The summed E-state index contributed by atoms with van der Waals surface area (Å²) in [6.07, 6.45) is 1.29. The van der Waals surface area contributed by atoms with Crippen molar-refractivity contribution in [1.82, 2.24) is 14.7 Å². The van der Waals surface area contributed by atoms with Gasteiger partial charge in [-0.3, -0.25) is 4.90 Å². The molecule has 3 fully saturated rings. The molecule has 40 heavy (non-hydrogen) atoms. The number of amides is 4. The molecule has 9 nitrogen and oxygen atoms in total. The van der Waals surface area contributed by atoms with Gasteiger partial charge < -0.3 is 19.8 Å². The molecule has 1 unspecified atom stereocenters. The van der Waals surface area contributed by atoms with E-state index in [4.69, 9.17) is 5.26 Å². The Morgan fingerprint density at radius 2 is 1.55 bits per heavy atom. The first-order valence-corrected chi connectivity index (χ1v) is 13.3. The van der Waals surface area contributed by atoms with Gasteiger partial charge in [0, 0.05) is 20.1 Å². The predicted molar refractivity (Wildman–Crippen MR) is 148 cm³/mol.